The maximum Gasteiger partial charge on any atom is 0.253 e. The molecule has 1 atom stereocenters. The van der Waals surface area contributed by atoms with Gasteiger partial charge in [-0.25, -0.2) is 9.50 Å². The average molecular weight is 469 g/mol. The summed E-state index contributed by atoms with van der Waals surface area (Å²) in [5.74, 6) is 1.29. The van der Waals surface area contributed by atoms with E-state index in [0.717, 1.165) is 43.0 Å². The highest BCUT2D eigenvalue weighted by Gasteiger charge is 2.16. The summed E-state index contributed by atoms with van der Waals surface area (Å²) in [7, 11) is 0. The van der Waals surface area contributed by atoms with E-state index < -0.39 is 0 Å². The van der Waals surface area contributed by atoms with Crippen molar-refractivity contribution in [1.82, 2.24) is 29.8 Å². The van der Waals surface area contributed by atoms with Crippen molar-refractivity contribution >= 4 is 23.4 Å². The Kier molecular flexibility index (Phi) is 8.86. The number of carbonyl (C=O) groups is 1. The van der Waals surface area contributed by atoms with Crippen molar-refractivity contribution in [1.29, 1.82) is 0 Å². The first-order valence-electron chi connectivity index (χ1n) is 11.7. The Morgan fingerprint density at radius 1 is 1.15 bits per heavy atom. The number of aromatic nitrogens is 4. The fourth-order valence-corrected chi connectivity index (χ4v) is 4.61. The smallest absolute Gasteiger partial charge is 0.253 e. The van der Waals surface area contributed by atoms with Gasteiger partial charge in [0.1, 0.15) is 0 Å². The molecule has 0 saturated heterocycles. The Morgan fingerprint density at radius 2 is 1.88 bits per heavy atom. The Hall–Kier alpha value is -2.45. The minimum atomic E-state index is 0.00589. The van der Waals surface area contributed by atoms with Crippen molar-refractivity contribution in [3.05, 3.63) is 52.3 Å². The van der Waals surface area contributed by atoms with Gasteiger partial charge in [-0.05, 0) is 56.5 Å². The van der Waals surface area contributed by atoms with Gasteiger partial charge in [0.15, 0.2) is 0 Å². The van der Waals surface area contributed by atoms with Crippen molar-refractivity contribution in [3.8, 4) is 0 Å². The topological polar surface area (TPSA) is 75.4 Å². The molecule has 0 saturated carbocycles. The fourth-order valence-electron chi connectivity index (χ4n) is 3.96. The lowest BCUT2D eigenvalue weighted by Gasteiger charge is -2.22. The van der Waals surface area contributed by atoms with Crippen molar-refractivity contribution < 1.29 is 4.79 Å². The molecular weight excluding hydrogens is 432 g/mol. The number of hydrogen-bond acceptors (Lipinski definition) is 6. The quantitative estimate of drug-likeness (QED) is 0.431. The van der Waals surface area contributed by atoms with Crippen molar-refractivity contribution in [3.63, 3.8) is 0 Å². The second-order valence-electron chi connectivity index (χ2n) is 8.65. The van der Waals surface area contributed by atoms with Crippen LogP contribution in [0.1, 0.15) is 48.8 Å². The lowest BCUT2D eigenvalue weighted by Crippen LogP contribution is -2.36. The van der Waals surface area contributed by atoms with Crippen LogP contribution in [0.25, 0.3) is 5.78 Å². The zero-order chi connectivity index (χ0) is 24.0. The van der Waals surface area contributed by atoms with Gasteiger partial charge in [0.05, 0.1) is 5.75 Å². The highest BCUT2D eigenvalue weighted by molar-refractivity contribution is 7.99. The summed E-state index contributed by atoms with van der Waals surface area (Å²) in [5, 5.41) is 8.24. The first-order chi connectivity index (χ1) is 15.8. The maximum atomic E-state index is 12.3. The van der Waals surface area contributed by atoms with Crippen LogP contribution in [0.5, 0.6) is 0 Å². The number of rotatable bonds is 11. The molecule has 0 unspecified atom stereocenters. The SMILES string of the molecule is CCN(CC)C[C@H](C)CNC(=O)CSc1nc2nc(C)c(Cc3ccccc3C)c(C)n2n1. The van der Waals surface area contributed by atoms with E-state index in [2.05, 4.69) is 84.2 Å². The molecule has 0 fully saturated rings. The van der Waals surface area contributed by atoms with Crippen LogP contribution in [-0.2, 0) is 11.2 Å². The molecule has 3 aromatic rings. The van der Waals surface area contributed by atoms with Gasteiger partial charge in [-0.2, -0.15) is 4.98 Å². The third-order valence-corrected chi connectivity index (χ3v) is 6.94. The Balaban J connectivity index is 1.62. The number of amides is 1. The molecule has 0 aliphatic heterocycles. The molecule has 3 rings (SSSR count). The number of nitrogens with zero attached hydrogens (tertiary/aromatic N) is 5. The number of benzene rings is 1. The molecule has 33 heavy (non-hydrogen) atoms. The molecule has 2 heterocycles. The molecule has 2 aromatic heterocycles. The van der Waals surface area contributed by atoms with Crippen LogP contribution in [-0.4, -0.2) is 62.3 Å². The van der Waals surface area contributed by atoms with Gasteiger partial charge in [-0.3, -0.25) is 4.79 Å². The van der Waals surface area contributed by atoms with Crippen LogP contribution < -0.4 is 5.32 Å². The number of hydrogen-bond donors (Lipinski definition) is 1. The molecule has 0 aliphatic rings. The van der Waals surface area contributed by atoms with Gasteiger partial charge in [0.25, 0.3) is 5.78 Å². The minimum absolute atomic E-state index is 0.00589. The summed E-state index contributed by atoms with van der Waals surface area (Å²) in [6, 6.07) is 8.41. The van der Waals surface area contributed by atoms with Crippen molar-refractivity contribution in [2.75, 3.05) is 31.9 Å². The van der Waals surface area contributed by atoms with E-state index in [1.54, 1.807) is 4.52 Å². The molecule has 7 nitrogen and oxygen atoms in total. The van der Waals surface area contributed by atoms with Gasteiger partial charge < -0.3 is 10.2 Å². The van der Waals surface area contributed by atoms with E-state index in [0.29, 0.717) is 29.1 Å². The number of carbonyl (C=O) groups excluding carboxylic acids is 1. The average Bonchev–Trinajstić information content (AvgIpc) is 3.21. The van der Waals surface area contributed by atoms with E-state index in [1.807, 2.05) is 6.92 Å². The maximum absolute atomic E-state index is 12.3. The molecule has 0 spiro atoms. The Bertz CT molecular complexity index is 1090. The second kappa shape index (κ2) is 11.6. The van der Waals surface area contributed by atoms with E-state index in [4.69, 9.17) is 0 Å². The van der Waals surface area contributed by atoms with E-state index in [9.17, 15) is 4.79 Å². The first kappa shape index (κ1) is 25.2. The second-order valence-corrected chi connectivity index (χ2v) is 9.60. The summed E-state index contributed by atoms with van der Waals surface area (Å²) in [6.07, 6.45) is 0.809. The number of aryl methyl sites for hydroxylation is 3. The summed E-state index contributed by atoms with van der Waals surface area (Å²) >= 11 is 1.35. The molecule has 0 aliphatic carbocycles. The molecule has 8 heteroatoms. The monoisotopic (exact) mass is 468 g/mol. The zero-order valence-electron chi connectivity index (χ0n) is 20.7. The number of thioether (sulfide) groups is 1. The molecule has 0 radical (unpaired) electrons. The van der Waals surface area contributed by atoms with Crippen LogP contribution >= 0.6 is 11.8 Å². The van der Waals surface area contributed by atoms with E-state index >= 15 is 0 Å². The molecule has 1 amide bonds. The van der Waals surface area contributed by atoms with Crippen LogP contribution in [0, 0.1) is 26.7 Å². The first-order valence-corrected chi connectivity index (χ1v) is 12.7. The van der Waals surface area contributed by atoms with Crippen LogP contribution in [0.15, 0.2) is 29.4 Å². The predicted octanol–water partition coefficient (Wildman–Crippen LogP) is 3.83. The summed E-state index contributed by atoms with van der Waals surface area (Å²) in [6.45, 7) is 16.4. The fraction of sp³-hybridized carbons (Fsp3) is 0.520. The van der Waals surface area contributed by atoms with Crippen LogP contribution in [0.2, 0.25) is 0 Å². The normalized spacial score (nSPS) is 12.5. The summed E-state index contributed by atoms with van der Waals surface area (Å²) < 4.78 is 1.80. The number of nitrogens with one attached hydrogen (secondary N) is 1. The minimum Gasteiger partial charge on any atom is -0.355 e. The molecule has 178 valence electrons. The van der Waals surface area contributed by atoms with Crippen molar-refractivity contribution in [2.24, 2.45) is 5.92 Å². The van der Waals surface area contributed by atoms with E-state index in [-0.39, 0.29) is 5.91 Å². The van der Waals surface area contributed by atoms with Crippen LogP contribution in [0.4, 0.5) is 0 Å². The highest BCUT2D eigenvalue weighted by Crippen LogP contribution is 2.21. The third kappa shape index (κ3) is 6.54. The lowest BCUT2D eigenvalue weighted by molar-refractivity contribution is -0.118. The van der Waals surface area contributed by atoms with Gasteiger partial charge >= 0.3 is 0 Å². The van der Waals surface area contributed by atoms with Gasteiger partial charge in [-0.1, -0.05) is 56.8 Å². The summed E-state index contributed by atoms with van der Waals surface area (Å²) in [5.41, 5.74) is 5.72. The zero-order valence-corrected chi connectivity index (χ0v) is 21.5. The Labute approximate surface area is 201 Å². The van der Waals surface area contributed by atoms with Gasteiger partial charge in [0, 0.05) is 30.9 Å². The van der Waals surface area contributed by atoms with Crippen molar-refractivity contribution in [2.45, 2.75) is 53.1 Å². The lowest BCUT2D eigenvalue weighted by atomic mass is 9.99. The van der Waals surface area contributed by atoms with E-state index in [1.165, 1.54) is 22.9 Å². The highest BCUT2D eigenvalue weighted by atomic mass is 32.2. The van der Waals surface area contributed by atoms with Crippen LogP contribution in [0.3, 0.4) is 0 Å². The largest absolute Gasteiger partial charge is 0.355 e. The number of fused-ring (bicyclic) bond motifs is 1. The van der Waals surface area contributed by atoms with Gasteiger partial charge in [0.2, 0.25) is 11.1 Å². The standard InChI is InChI=1S/C25H36N6OS/c1-7-30(8-2)15-17(3)14-26-23(32)16-33-25-28-24-27-19(5)22(20(6)31(24)29-25)13-21-12-10-9-11-18(21)4/h9-12,17H,7-8,13-16H2,1-6H3,(H,26,32)/t17-/m1/s1. The molecule has 1 aromatic carbocycles. The third-order valence-electron chi connectivity index (χ3n) is 6.10. The van der Waals surface area contributed by atoms with Gasteiger partial charge in [-0.15, -0.1) is 5.10 Å². The molecular formula is C25H36N6OS. The predicted molar refractivity (Wildman–Crippen MR) is 135 cm³/mol. The molecule has 1 N–H and O–H groups in total. The summed E-state index contributed by atoms with van der Waals surface area (Å²) in [4.78, 5) is 23.9. The Morgan fingerprint density at radius 3 is 2.58 bits per heavy atom. The molecule has 0 bridgehead atoms.